The van der Waals surface area contributed by atoms with Crippen molar-refractivity contribution in [2.24, 2.45) is 0 Å². The fourth-order valence-electron chi connectivity index (χ4n) is 3.12. The molecule has 3 aromatic rings. The fourth-order valence-corrected chi connectivity index (χ4v) is 4.21. The number of anilines is 1. The highest BCUT2D eigenvalue weighted by Crippen LogP contribution is 2.31. The van der Waals surface area contributed by atoms with Crippen LogP contribution >= 0.6 is 11.3 Å². The summed E-state index contributed by atoms with van der Waals surface area (Å²) in [7, 11) is 1.68. The highest BCUT2D eigenvalue weighted by molar-refractivity contribution is 7.11. The SMILES string of the molecule is COc1ccc(NCc2nc3c(s2)CCCC3)c2cccnc12. The van der Waals surface area contributed by atoms with Gasteiger partial charge in [0.1, 0.15) is 16.3 Å². The summed E-state index contributed by atoms with van der Waals surface area (Å²) < 4.78 is 5.40. The Balaban J connectivity index is 1.59. The largest absolute Gasteiger partial charge is 0.494 e. The van der Waals surface area contributed by atoms with Crippen LogP contribution in [0.2, 0.25) is 0 Å². The Morgan fingerprint density at radius 1 is 1.22 bits per heavy atom. The first-order chi connectivity index (χ1) is 11.3. The van der Waals surface area contributed by atoms with Crippen LogP contribution in [0.4, 0.5) is 5.69 Å². The van der Waals surface area contributed by atoms with Gasteiger partial charge in [-0.1, -0.05) is 0 Å². The van der Waals surface area contributed by atoms with Gasteiger partial charge in [-0.2, -0.15) is 0 Å². The first-order valence-electron chi connectivity index (χ1n) is 7.98. The molecule has 0 bridgehead atoms. The molecule has 4 nitrogen and oxygen atoms in total. The number of ether oxygens (including phenoxy) is 1. The van der Waals surface area contributed by atoms with Gasteiger partial charge in [0.25, 0.3) is 0 Å². The summed E-state index contributed by atoms with van der Waals surface area (Å²) in [5.41, 5.74) is 3.28. The van der Waals surface area contributed by atoms with Crippen molar-refractivity contribution in [1.29, 1.82) is 0 Å². The zero-order valence-electron chi connectivity index (χ0n) is 13.1. The number of nitrogens with zero attached hydrogens (tertiary/aromatic N) is 2. The van der Waals surface area contributed by atoms with Crippen LogP contribution < -0.4 is 10.1 Å². The number of aromatic nitrogens is 2. The maximum Gasteiger partial charge on any atom is 0.145 e. The van der Waals surface area contributed by atoms with Crippen LogP contribution in [0.1, 0.15) is 28.4 Å². The van der Waals surface area contributed by atoms with E-state index in [-0.39, 0.29) is 0 Å². The maximum atomic E-state index is 5.40. The third kappa shape index (κ3) is 2.77. The summed E-state index contributed by atoms with van der Waals surface area (Å²) in [5.74, 6) is 0.802. The van der Waals surface area contributed by atoms with Crippen LogP contribution in [-0.2, 0) is 19.4 Å². The number of rotatable bonds is 4. The van der Waals surface area contributed by atoms with E-state index >= 15 is 0 Å². The summed E-state index contributed by atoms with van der Waals surface area (Å²) in [5, 5.41) is 5.76. The number of aryl methyl sites for hydroxylation is 2. The molecule has 23 heavy (non-hydrogen) atoms. The van der Waals surface area contributed by atoms with Gasteiger partial charge in [0, 0.05) is 22.1 Å². The number of pyridine rings is 1. The summed E-state index contributed by atoms with van der Waals surface area (Å²) in [6.45, 7) is 0.758. The van der Waals surface area contributed by atoms with Crippen LogP contribution in [-0.4, -0.2) is 17.1 Å². The molecule has 118 valence electrons. The summed E-state index contributed by atoms with van der Waals surface area (Å²) in [6.07, 6.45) is 6.71. The van der Waals surface area contributed by atoms with Crippen molar-refractivity contribution in [2.75, 3.05) is 12.4 Å². The van der Waals surface area contributed by atoms with Crippen LogP contribution in [0, 0.1) is 0 Å². The number of benzene rings is 1. The van der Waals surface area contributed by atoms with E-state index in [1.165, 1.54) is 34.8 Å². The quantitative estimate of drug-likeness (QED) is 0.781. The van der Waals surface area contributed by atoms with E-state index < -0.39 is 0 Å². The van der Waals surface area contributed by atoms with Crippen molar-refractivity contribution >= 4 is 27.9 Å². The molecule has 0 radical (unpaired) electrons. The Morgan fingerprint density at radius 3 is 3.00 bits per heavy atom. The number of hydrogen-bond donors (Lipinski definition) is 1. The molecule has 0 saturated carbocycles. The lowest BCUT2D eigenvalue weighted by Gasteiger charge is -2.10. The van der Waals surface area contributed by atoms with Gasteiger partial charge in [-0.05, 0) is 49.9 Å². The van der Waals surface area contributed by atoms with Gasteiger partial charge in [0.2, 0.25) is 0 Å². The average Bonchev–Trinajstić information content (AvgIpc) is 3.02. The minimum Gasteiger partial charge on any atom is -0.494 e. The molecular formula is C18H19N3OS. The molecule has 5 heteroatoms. The highest BCUT2D eigenvalue weighted by atomic mass is 32.1. The normalized spacial score (nSPS) is 13.8. The molecule has 2 heterocycles. The van der Waals surface area contributed by atoms with Crippen LogP contribution in [0.25, 0.3) is 10.9 Å². The second-order valence-electron chi connectivity index (χ2n) is 5.75. The molecule has 4 rings (SSSR count). The van der Waals surface area contributed by atoms with Gasteiger partial charge < -0.3 is 10.1 Å². The molecule has 2 aromatic heterocycles. The molecule has 1 aliphatic rings. The molecule has 1 aliphatic carbocycles. The minimum absolute atomic E-state index is 0.758. The number of hydrogen-bond acceptors (Lipinski definition) is 5. The Hall–Kier alpha value is -2.14. The third-order valence-electron chi connectivity index (χ3n) is 4.27. The Labute approximate surface area is 139 Å². The van der Waals surface area contributed by atoms with Crippen molar-refractivity contribution in [3.05, 3.63) is 46.0 Å². The fraction of sp³-hybridized carbons (Fsp3) is 0.333. The molecule has 1 N–H and O–H groups in total. The molecule has 0 unspecified atom stereocenters. The van der Waals surface area contributed by atoms with Crippen LogP contribution in [0.3, 0.4) is 0 Å². The van der Waals surface area contributed by atoms with E-state index in [1.54, 1.807) is 13.3 Å². The van der Waals surface area contributed by atoms with Gasteiger partial charge in [0.15, 0.2) is 0 Å². The molecule has 0 amide bonds. The second-order valence-corrected chi connectivity index (χ2v) is 6.92. The van der Waals surface area contributed by atoms with Crippen molar-refractivity contribution in [3.8, 4) is 5.75 Å². The predicted octanol–water partition coefficient (Wildman–Crippen LogP) is 4.19. The number of fused-ring (bicyclic) bond motifs is 2. The molecule has 0 saturated heterocycles. The van der Waals surface area contributed by atoms with Gasteiger partial charge in [-0.3, -0.25) is 4.98 Å². The molecule has 0 atom stereocenters. The van der Waals surface area contributed by atoms with Crippen LogP contribution in [0.15, 0.2) is 30.5 Å². The van der Waals surface area contributed by atoms with Crippen molar-refractivity contribution in [2.45, 2.75) is 32.2 Å². The Kier molecular flexibility index (Phi) is 3.87. The first kappa shape index (κ1) is 14.5. The topological polar surface area (TPSA) is 47.0 Å². The lowest BCUT2D eigenvalue weighted by atomic mass is 10.0. The standard InChI is InChI=1S/C18H19N3OS/c1-22-15-9-8-13(12-5-4-10-19-18(12)15)20-11-17-21-14-6-2-3-7-16(14)23-17/h4-5,8-10,20H,2-3,6-7,11H2,1H3. The molecular weight excluding hydrogens is 306 g/mol. The molecule has 1 aromatic carbocycles. The second kappa shape index (κ2) is 6.16. The third-order valence-corrected chi connectivity index (χ3v) is 5.43. The van der Waals surface area contributed by atoms with Gasteiger partial charge in [-0.15, -0.1) is 11.3 Å². The zero-order chi connectivity index (χ0) is 15.6. The smallest absolute Gasteiger partial charge is 0.145 e. The van der Waals surface area contributed by atoms with Crippen molar-refractivity contribution in [1.82, 2.24) is 9.97 Å². The lowest BCUT2D eigenvalue weighted by molar-refractivity contribution is 0.419. The van der Waals surface area contributed by atoms with E-state index in [4.69, 9.17) is 9.72 Å². The van der Waals surface area contributed by atoms with E-state index in [0.29, 0.717) is 0 Å². The zero-order valence-corrected chi connectivity index (χ0v) is 13.9. The summed E-state index contributed by atoms with van der Waals surface area (Å²) >= 11 is 1.85. The van der Waals surface area contributed by atoms with Gasteiger partial charge in [-0.25, -0.2) is 4.98 Å². The lowest BCUT2D eigenvalue weighted by Crippen LogP contribution is -2.01. The predicted molar refractivity (Wildman–Crippen MR) is 94.4 cm³/mol. The molecule has 0 fully saturated rings. The van der Waals surface area contributed by atoms with Crippen molar-refractivity contribution < 1.29 is 4.74 Å². The van der Waals surface area contributed by atoms with Crippen LogP contribution in [0.5, 0.6) is 5.75 Å². The average molecular weight is 325 g/mol. The number of methoxy groups -OCH3 is 1. The monoisotopic (exact) mass is 325 g/mol. The number of thiazole rings is 1. The van der Waals surface area contributed by atoms with E-state index in [1.807, 2.05) is 23.5 Å². The minimum atomic E-state index is 0.758. The van der Waals surface area contributed by atoms with Gasteiger partial charge >= 0.3 is 0 Å². The molecule has 0 spiro atoms. The van der Waals surface area contributed by atoms with E-state index in [0.717, 1.165) is 35.3 Å². The Morgan fingerprint density at radius 2 is 2.13 bits per heavy atom. The molecule has 0 aliphatic heterocycles. The van der Waals surface area contributed by atoms with E-state index in [2.05, 4.69) is 22.4 Å². The Bertz CT molecular complexity index is 820. The van der Waals surface area contributed by atoms with Crippen molar-refractivity contribution in [3.63, 3.8) is 0 Å². The van der Waals surface area contributed by atoms with E-state index in [9.17, 15) is 0 Å². The summed E-state index contributed by atoms with van der Waals surface area (Å²) in [4.78, 5) is 10.7. The number of nitrogens with one attached hydrogen (secondary N) is 1. The first-order valence-corrected chi connectivity index (χ1v) is 8.80. The maximum absolute atomic E-state index is 5.40. The highest BCUT2D eigenvalue weighted by Gasteiger charge is 2.15. The van der Waals surface area contributed by atoms with Gasteiger partial charge in [0.05, 0.1) is 19.3 Å². The summed E-state index contributed by atoms with van der Waals surface area (Å²) in [6, 6.07) is 8.04.